The van der Waals surface area contributed by atoms with Crippen molar-refractivity contribution >= 4 is 16.7 Å². The number of halogens is 2. The average Bonchev–Trinajstić information content (AvgIpc) is 2.79. The van der Waals surface area contributed by atoms with E-state index in [0.29, 0.717) is 23.6 Å². The summed E-state index contributed by atoms with van der Waals surface area (Å²) >= 11 is 0. The van der Waals surface area contributed by atoms with Crippen molar-refractivity contribution in [2.75, 3.05) is 13.1 Å². The van der Waals surface area contributed by atoms with Crippen LogP contribution in [0.15, 0.2) is 30.3 Å². The largest absolute Gasteiger partial charge is 0.490 e. The normalized spacial score (nSPS) is 25.9. The number of benzene rings is 2. The highest BCUT2D eigenvalue weighted by atomic mass is 19.3. The first kappa shape index (κ1) is 23.9. The van der Waals surface area contributed by atoms with Crippen LogP contribution in [0.1, 0.15) is 75.8 Å². The second-order valence-electron chi connectivity index (χ2n) is 10.2. The van der Waals surface area contributed by atoms with Gasteiger partial charge in [0, 0.05) is 6.54 Å². The van der Waals surface area contributed by atoms with Gasteiger partial charge in [-0.15, -0.1) is 0 Å². The minimum Gasteiger partial charge on any atom is -0.490 e. The van der Waals surface area contributed by atoms with E-state index < -0.39 is 12.4 Å². The highest BCUT2D eigenvalue weighted by molar-refractivity contribution is 5.88. The summed E-state index contributed by atoms with van der Waals surface area (Å²) in [4.78, 5) is 11.4. The molecule has 0 radical (unpaired) electrons. The molecule has 2 aromatic carbocycles. The van der Waals surface area contributed by atoms with Crippen molar-refractivity contribution in [2.45, 2.75) is 77.2 Å². The Labute approximate surface area is 194 Å². The molecule has 33 heavy (non-hydrogen) atoms. The van der Waals surface area contributed by atoms with Crippen LogP contribution < -0.4 is 10.1 Å². The topological polar surface area (TPSA) is 58.6 Å². The van der Waals surface area contributed by atoms with Crippen LogP contribution in [0.4, 0.5) is 8.78 Å². The van der Waals surface area contributed by atoms with E-state index in [1.165, 1.54) is 0 Å². The number of piperidine rings is 1. The van der Waals surface area contributed by atoms with E-state index in [4.69, 9.17) is 4.74 Å². The zero-order valence-electron chi connectivity index (χ0n) is 19.4. The van der Waals surface area contributed by atoms with Gasteiger partial charge in [0.15, 0.2) is 0 Å². The fraction of sp³-hybridized carbons (Fsp3) is 0.593. The van der Waals surface area contributed by atoms with Crippen LogP contribution in [0.3, 0.4) is 0 Å². The van der Waals surface area contributed by atoms with Crippen LogP contribution in [-0.2, 0) is 11.2 Å². The molecule has 0 unspecified atom stereocenters. The Hall–Kier alpha value is -2.21. The van der Waals surface area contributed by atoms with Gasteiger partial charge in [-0.2, -0.15) is 0 Å². The van der Waals surface area contributed by atoms with Crippen LogP contribution in [0.5, 0.6) is 5.75 Å². The number of rotatable bonds is 8. The smallest absolute Gasteiger partial charge is 0.303 e. The van der Waals surface area contributed by atoms with Gasteiger partial charge in [0.1, 0.15) is 5.75 Å². The van der Waals surface area contributed by atoms with Crippen molar-refractivity contribution in [1.82, 2.24) is 5.32 Å². The monoisotopic (exact) mass is 459 g/mol. The zero-order valence-corrected chi connectivity index (χ0v) is 19.4. The summed E-state index contributed by atoms with van der Waals surface area (Å²) in [5.74, 6) is 0.214. The first-order valence-electron chi connectivity index (χ1n) is 12.3. The minimum absolute atomic E-state index is 0.00458. The molecule has 2 aromatic rings. The third-order valence-corrected chi connectivity index (χ3v) is 7.59. The van der Waals surface area contributed by atoms with E-state index in [1.807, 2.05) is 18.2 Å². The predicted octanol–water partition coefficient (Wildman–Crippen LogP) is 6.51. The standard InChI is InChI=1S/C27H35F2NO3/c1-18-3-7-21(8-4-18)33-23-10-6-20-15-19(5-9-22(20)25(23)26(28)29)11-13-27(16-24(31)32)12-2-14-30-17-27/h5-6,9-10,15,18,21,26,30H,2-4,7-8,11-14,16-17H2,1H3,(H,31,32)/t18-,21+,27-/m0/s1. The Morgan fingerprint density at radius 3 is 2.67 bits per heavy atom. The lowest BCUT2D eigenvalue weighted by atomic mass is 9.73. The molecule has 0 amide bonds. The van der Waals surface area contributed by atoms with Gasteiger partial charge in [0.05, 0.1) is 18.1 Å². The molecule has 1 heterocycles. The average molecular weight is 460 g/mol. The lowest BCUT2D eigenvalue weighted by Crippen LogP contribution is -2.41. The van der Waals surface area contributed by atoms with Crippen molar-refractivity contribution < 1.29 is 23.4 Å². The molecule has 0 aromatic heterocycles. The van der Waals surface area contributed by atoms with Crippen LogP contribution >= 0.6 is 0 Å². The molecule has 1 aliphatic heterocycles. The maximum absolute atomic E-state index is 14.1. The molecule has 0 spiro atoms. The van der Waals surface area contributed by atoms with Gasteiger partial charge in [-0.05, 0) is 91.6 Å². The summed E-state index contributed by atoms with van der Waals surface area (Å²) in [5, 5.41) is 14.1. The molecular weight excluding hydrogens is 424 g/mol. The van der Waals surface area contributed by atoms with Crippen molar-refractivity contribution in [3.8, 4) is 5.75 Å². The molecule has 1 saturated heterocycles. The van der Waals surface area contributed by atoms with E-state index in [9.17, 15) is 18.7 Å². The fourth-order valence-electron chi connectivity index (χ4n) is 5.61. The lowest BCUT2D eigenvalue weighted by Gasteiger charge is -2.36. The van der Waals surface area contributed by atoms with E-state index >= 15 is 0 Å². The molecule has 0 bridgehead atoms. The fourth-order valence-corrected chi connectivity index (χ4v) is 5.61. The number of ether oxygens (including phenoxy) is 1. The molecule has 2 aliphatic rings. The maximum Gasteiger partial charge on any atom is 0.303 e. The lowest BCUT2D eigenvalue weighted by molar-refractivity contribution is -0.140. The number of nitrogens with one attached hydrogen (secondary N) is 1. The van der Waals surface area contributed by atoms with Crippen molar-refractivity contribution in [2.24, 2.45) is 11.3 Å². The third-order valence-electron chi connectivity index (χ3n) is 7.59. The Morgan fingerprint density at radius 2 is 2.00 bits per heavy atom. The van der Waals surface area contributed by atoms with Crippen molar-refractivity contribution in [1.29, 1.82) is 0 Å². The van der Waals surface area contributed by atoms with Gasteiger partial charge in [-0.1, -0.05) is 31.2 Å². The molecule has 4 rings (SSSR count). The van der Waals surface area contributed by atoms with Crippen molar-refractivity contribution in [3.63, 3.8) is 0 Å². The summed E-state index contributed by atoms with van der Waals surface area (Å²) in [5.41, 5.74) is 0.784. The van der Waals surface area contributed by atoms with Crippen LogP contribution in [0, 0.1) is 11.3 Å². The SMILES string of the molecule is C[C@H]1CC[C@@H](Oc2ccc3cc(CC[C@]4(CC(=O)O)CCCNC4)ccc3c2C(F)F)CC1. The molecule has 2 fully saturated rings. The number of aliphatic carboxylic acids is 1. The summed E-state index contributed by atoms with van der Waals surface area (Å²) in [6.07, 6.45) is 4.89. The Bertz CT molecular complexity index is 963. The number of carboxylic acid groups (broad SMARTS) is 1. The van der Waals surface area contributed by atoms with Gasteiger partial charge in [0.2, 0.25) is 0 Å². The third kappa shape index (κ3) is 5.84. The Balaban J connectivity index is 1.53. The zero-order chi connectivity index (χ0) is 23.4. The molecule has 180 valence electrons. The van der Waals surface area contributed by atoms with E-state index in [2.05, 4.69) is 12.2 Å². The first-order valence-corrected chi connectivity index (χ1v) is 12.3. The molecular formula is C27H35F2NO3. The minimum atomic E-state index is -2.61. The van der Waals surface area contributed by atoms with E-state index in [-0.39, 0.29) is 23.5 Å². The van der Waals surface area contributed by atoms with E-state index in [0.717, 1.165) is 68.9 Å². The summed E-state index contributed by atoms with van der Waals surface area (Å²) in [7, 11) is 0. The van der Waals surface area contributed by atoms with Gasteiger partial charge in [-0.3, -0.25) is 4.79 Å². The number of carboxylic acids is 1. The summed E-state index contributed by atoms with van der Waals surface area (Å²) in [6, 6.07) is 9.23. The first-order chi connectivity index (χ1) is 15.8. The van der Waals surface area contributed by atoms with Gasteiger partial charge in [0.25, 0.3) is 6.43 Å². The number of hydrogen-bond acceptors (Lipinski definition) is 3. The number of carbonyl (C=O) groups is 1. The summed E-state index contributed by atoms with van der Waals surface area (Å²) in [6.45, 7) is 3.86. The van der Waals surface area contributed by atoms with E-state index in [1.54, 1.807) is 12.1 Å². The van der Waals surface area contributed by atoms with Crippen LogP contribution in [0.2, 0.25) is 0 Å². The molecule has 1 atom stereocenters. The Kier molecular flexibility index (Phi) is 7.52. The second-order valence-corrected chi connectivity index (χ2v) is 10.2. The second kappa shape index (κ2) is 10.4. The summed E-state index contributed by atoms with van der Waals surface area (Å²) < 4.78 is 34.3. The molecule has 4 nitrogen and oxygen atoms in total. The number of alkyl halides is 2. The Morgan fingerprint density at radius 1 is 1.21 bits per heavy atom. The van der Waals surface area contributed by atoms with Crippen molar-refractivity contribution in [3.05, 3.63) is 41.5 Å². The van der Waals surface area contributed by atoms with Crippen LogP contribution in [0.25, 0.3) is 10.8 Å². The highest BCUT2D eigenvalue weighted by Gasteiger charge is 2.34. The molecule has 2 N–H and O–H groups in total. The predicted molar refractivity (Wildman–Crippen MR) is 126 cm³/mol. The number of hydrogen-bond donors (Lipinski definition) is 2. The maximum atomic E-state index is 14.1. The number of aryl methyl sites for hydroxylation is 1. The highest BCUT2D eigenvalue weighted by Crippen LogP contribution is 2.39. The number of fused-ring (bicyclic) bond motifs is 1. The van der Waals surface area contributed by atoms with Gasteiger partial charge >= 0.3 is 5.97 Å². The molecule has 1 aliphatic carbocycles. The van der Waals surface area contributed by atoms with Crippen LogP contribution in [-0.4, -0.2) is 30.3 Å². The molecule has 6 heteroatoms. The van der Waals surface area contributed by atoms with Gasteiger partial charge in [-0.25, -0.2) is 8.78 Å². The quantitative estimate of drug-likeness (QED) is 0.472. The molecule has 1 saturated carbocycles. The van der Waals surface area contributed by atoms with Gasteiger partial charge < -0.3 is 15.2 Å².